The van der Waals surface area contributed by atoms with Crippen LogP contribution in [0, 0.1) is 0 Å². The maximum atomic E-state index is 12.4. The highest BCUT2D eigenvalue weighted by Crippen LogP contribution is 2.26. The fraction of sp³-hybridized carbons (Fsp3) is 0.500. The molecular weight excluding hydrogens is 268 g/mol. The monoisotopic (exact) mass is 290 g/mol. The standard InChI is InChI=1S/C16H22N2O3/c1-2-6-13(11-15(19)20)17-16(21)18-10-5-8-12-7-3-4-9-14(12)18/h3-4,7,9,13H,2,5-6,8,10-11H2,1H3,(H,17,21)(H,19,20). The van der Waals surface area contributed by atoms with Crippen molar-refractivity contribution < 1.29 is 14.7 Å². The van der Waals surface area contributed by atoms with Gasteiger partial charge in [-0.05, 0) is 30.9 Å². The molecule has 21 heavy (non-hydrogen) atoms. The van der Waals surface area contributed by atoms with Crippen LogP contribution in [0.4, 0.5) is 10.5 Å². The van der Waals surface area contributed by atoms with Crippen LogP contribution in [-0.4, -0.2) is 29.7 Å². The number of carbonyl (C=O) groups excluding carboxylic acids is 1. The number of carboxylic acid groups (broad SMARTS) is 1. The maximum absolute atomic E-state index is 12.4. The third-order valence-electron chi connectivity index (χ3n) is 3.74. The van der Waals surface area contributed by atoms with Crippen molar-refractivity contribution in [3.63, 3.8) is 0 Å². The normalized spacial score (nSPS) is 15.2. The summed E-state index contributed by atoms with van der Waals surface area (Å²) in [6.45, 7) is 2.66. The Bertz CT molecular complexity index is 516. The van der Waals surface area contributed by atoms with Crippen LogP contribution in [-0.2, 0) is 11.2 Å². The molecule has 1 aromatic rings. The van der Waals surface area contributed by atoms with Gasteiger partial charge in [-0.25, -0.2) is 4.79 Å². The van der Waals surface area contributed by atoms with Gasteiger partial charge in [0.1, 0.15) is 0 Å². The Morgan fingerprint density at radius 1 is 1.38 bits per heavy atom. The smallest absolute Gasteiger partial charge is 0.322 e. The SMILES string of the molecule is CCCC(CC(=O)O)NC(=O)N1CCCc2ccccc21. The third kappa shape index (κ3) is 3.97. The van der Waals surface area contributed by atoms with Crippen molar-refractivity contribution in [2.45, 2.75) is 45.1 Å². The lowest BCUT2D eigenvalue weighted by Crippen LogP contribution is -2.47. The molecule has 0 aliphatic carbocycles. The minimum atomic E-state index is -0.882. The molecular formula is C16H22N2O3. The van der Waals surface area contributed by atoms with Gasteiger partial charge in [0.05, 0.1) is 6.42 Å². The second kappa shape index (κ2) is 7.11. The number of anilines is 1. The van der Waals surface area contributed by atoms with Gasteiger partial charge in [-0.3, -0.25) is 9.69 Å². The Balaban J connectivity index is 2.08. The van der Waals surface area contributed by atoms with Crippen molar-refractivity contribution in [2.24, 2.45) is 0 Å². The third-order valence-corrected chi connectivity index (χ3v) is 3.74. The van der Waals surface area contributed by atoms with Crippen molar-refractivity contribution in [3.8, 4) is 0 Å². The average molecular weight is 290 g/mol. The van der Waals surface area contributed by atoms with E-state index in [4.69, 9.17) is 5.11 Å². The van der Waals surface area contributed by atoms with E-state index >= 15 is 0 Å². The van der Waals surface area contributed by atoms with Crippen LogP contribution in [0.15, 0.2) is 24.3 Å². The minimum Gasteiger partial charge on any atom is -0.481 e. The number of rotatable bonds is 5. The molecule has 1 aromatic carbocycles. The molecule has 5 heteroatoms. The molecule has 5 nitrogen and oxygen atoms in total. The highest BCUT2D eigenvalue weighted by atomic mass is 16.4. The summed E-state index contributed by atoms with van der Waals surface area (Å²) in [4.78, 5) is 25.1. The lowest BCUT2D eigenvalue weighted by Gasteiger charge is -2.31. The lowest BCUT2D eigenvalue weighted by molar-refractivity contribution is -0.137. The van der Waals surface area contributed by atoms with Gasteiger partial charge in [0.15, 0.2) is 0 Å². The van der Waals surface area contributed by atoms with Crippen LogP contribution in [0.3, 0.4) is 0 Å². The molecule has 0 saturated heterocycles. The van der Waals surface area contributed by atoms with Crippen LogP contribution in [0.25, 0.3) is 0 Å². The van der Waals surface area contributed by atoms with Gasteiger partial charge in [0, 0.05) is 18.3 Å². The number of nitrogens with one attached hydrogen (secondary N) is 1. The first kappa shape index (κ1) is 15.4. The van der Waals surface area contributed by atoms with E-state index in [2.05, 4.69) is 5.32 Å². The van der Waals surface area contributed by atoms with Crippen LogP contribution >= 0.6 is 0 Å². The average Bonchev–Trinajstić information content (AvgIpc) is 2.46. The van der Waals surface area contributed by atoms with Crippen molar-refractivity contribution in [1.82, 2.24) is 5.32 Å². The summed E-state index contributed by atoms with van der Waals surface area (Å²) in [6.07, 6.45) is 3.40. The molecule has 1 heterocycles. The molecule has 0 radical (unpaired) electrons. The maximum Gasteiger partial charge on any atom is 0.322 e. The van der Waals surface area contributed by atoms with E-state index in [1.807, 2.05) is 31.2 Å². The molecule has 2 rings (SSSR count). The number of carboxylic acids is 1. The zero-order valence-electron chi connectivity index (χ0n) is 12.3. The number of carbonyl (C=O) groups is 2. The molecule has 0 saturated carbocycles. The number of nitrogens with zero attached hydrogens (tertiary/aromatic N) is 1. The second-order valence-electron chi connectivity index (χ2n) is 5.42. The first-order valence-electron chi connectivity index (χ1n) is 7.49. The second-order valence-corrected chi connectivity index (χ2v) is 5.42. The molecule has 0 aromatic heterocycles. The number of amides is 2. The Kier molecular flexibility index (Phi) is 5.20. The van der Waals surface area contributed by atoms with Crippen LogP contribution < -0.4 is 10.2 Å². The molecule has 0 spiro atoms. The van der Waals surface area contributed by atoms with Gasteiger partial charge in [-0.15, -0.1) is 0 Å². The molecule has 2 N–H and O–H groups in total. The molecule has 0 fully saturated rings. The molecule has 1 aliphatic heterocycles. The topological polar surface area (TPSA) is 69.6 Å². The minimum absolute atomic E-state index is 0.0327. The Hall–Kier alpha value is -2.04. The molecule has 1 aliphatic rings. The number of aliphatic carboxylic acids is 1. The van der Waals surface area contributed by atoms with Crippen molar-refractivity contribution in [1.29, 1.82) is 0 Å². The summed E-state index contributed by atoms with van der Waals surface area (Å²) in [5, 5.41) is 11.8. The Labute approximate surface area is 125 Å². The van der Waals surface area contributed by atoms with Crippen LogP contribution in [0.5, 0.6) is 0 Å². The fourth-order valence-electron chi connectivity index (χ4n) is 2.78. The van der Waals surface area contributed by atoms with Gasteiger partial charge in [-0.2, -0.15) is 0 Å². The number of para-hydroxylation sites is 1. The Morgan fingerprint density at radius 3 is 2.86 bits per heavy atom. The summed E-state index contributed by atoms with van der Waals surface area (Å²) in [7, 11) is 0. The highest BCUT2D eigenvalue weighted by Gasteiger charge is 2.24. The number of hydrogen-bond donors (Lipinski definition) is 2. The predicted molar refractivity (Wildman–Crippen MR) is 81.6 cm³/mol. The number of urea groups is 1. The number of fused-ring (bicyclic) bond motifs is 1. The van der Waals surface area contributed by atoms with Crippen LogP contribution in [0.1, 0.15) is 38.2 Å². The largest absolute Gasteiger partial charge is 0.481 e. The highest BCUT2D eigenvalue weighted by molar-refractivity contribution is 5.93. The molecule has 2 amide bonds. The number of benzene rings is 1. The van der Waals surface area contributed by atoms with Gasteiger partial charge >= 0.3 is 12.0 Å². The van der Waals surface area contributed by atoms with E-state index < -0.39 is 5.97 Å². The Morgan fingerprint density at radius 2 is 2.14 bits per heavy atom. The van der Waals surface area contributed by atoms with Crippen molar-refractivity contribution in [3.05, 3.63) is 29.8 Å². The van der Waals surface area contributed by atoms with E-state index in [0.717, 1.165) is 24.9 Å². The van der Waals surface area contributed by atoms with E-state index in [0.29, 0.717) is 13.0 Å². The zero-order valence-corrected chi connectivity index (χ0v) is 12.3. The summed E-state index contributed by atoms with van der Waals surface area (Å²) in [5.74, 6) is -0.882. The number of hydrogen-bond acceptors (Lipinski definition) is 2. The van der Waals surface area contributed by atoms with E-state index in [9.17, 15) is 9.59 Å². The molecule has 0 bridgehead atoms. The summed E-state index contributed by atoms with van der Waals surface area (Å²) < 4.78 is 0. The molecule has 1 atom stereocenters. The van der Waals surface area contributed by atoms with E-state index in [-0.39, 0.29) is 18.5 Å². The van der Waals surface area contributed by atoms with E-state index in [1.54, 1.807) is 4.90 Å². The summed E-state index contributed by atoms with van der Waals surface area (Å²) in [6, 6.07) is 7.38. The van der Waals surface area contributed by atoms with Gasteiger partial charge < -0.3 is 10.4 Å². The summed E-state index contributed by atoms with van der Waals surface area (Å²) in [5.41, 5.74) is 2.11. The zero-order chi connectivity index (χ0) is 15.2. The van der Waals surface area contributed by atoms with E-state index in [1.165, 1.54) is 5.56 Å². The van der Waals surface area contributed by atoms with Gasteiger partial charge in [0.25, 0.3) is 0 Å². The predicted octanol–water partition coefficient (Wildman–Crippen LogP) is 2.79. The van der Waals surface area contributed by atoms with Gasteiger partial charge in [0.2, 0.25) is 0 Å². The first-order valence-corrected chi connectivity index (χ1v) is 7.49. The molecule has 114 valence electrons. The van der Waals surface area contributed by atoms with Crippen molar-refractivity contribution in [2.75, 3.05) is 11.4 Å². The van der Waals surface area contributed by atoms with Gasteiger partial charge in [-0.1, -0.05) is 31.5 Å². The quantitative estimate of drug-likeness (QED) is 0.876. The molecule has 1 unspecified atom stereocenters. The summed E-state index contributed by atoms with van der Waals surface area (Å²) >= 11 is 0. The fourth-order valence-corrected chi connectivity index (χ4v) is 2.78. The lowest BCUT2D eigenvalue weighted by atomic mass is 10.0. The van der Waals surface area contributed by atoms with Crippen LogP contribution in [0.2, 0.25) is 0 Å². The van der Waals surface area contributed by atoms with Crippen molar-refractivity contribution >= 4 is 17.7 Å². The number of aryl methyl sites for hydroxylation is 1. The first-order chi connectivity index (χ1) is 10.1.